The number of allylic oxidation sites excluding steroid dienone is 4. The normalized spacial score (nSPS) is 31.6. The van der Waals surface area contributed by atoms with E-state index in [9.17, 15) is 44.4 Å². The summed E-state index contributed by atoms with van der Waals surface area (Å²) >= 11 is 0.887. The number of ketones is 3. The third-order valence-corrected chi connectivity index (χ3v) is 11.3. The number of aromatic hydroxyl groups is 1. The first-order valence-electron chi connectivity index (χ1n) is 16.9. The van der Waals surface area contributed by atoms with Crippen molar-refractivity contribution in [2.24, 2.45) is 29.6 Å². The van der Waals surface area contributed by atoms with Gasteiger partial charge >= 0.3 is 11.8 Å². The number of phenolic OH excluding ortho intramolecular Hbond substituents is 1. The lowest BCUT2D eigenvalue weighted by atomic mass is 9.72. The van der Waals surface area contributed by atoms with Crippen molar-refractivity contribution in [3.8, 4) is 11.5 Å². The van der Waals surface area contributed by atoms with E-state index in [1.807, 2.05) is 0 Å². The van der Waals surface area contributed by atoms with Gasteiger partial charge in [-0.05, 0) is 43.9 Å². The van der Waals surface area contributed by atoms with Gasteiger partial charge in [-0.1, -0.05) is 45.9 Å². The van der Waals surface area contributed by atoms with Crippen molar-refractivity contribution in [1.82, 2.24) is 5.32 Å². The predicted octanol–water partition coefficient (Wildman–Crippen LogP) is 4.48. The highest BCUT2D eigenvalue weighted by Crippen LogP contribution is 2.49. The fraction of sp³-hybridized carbons (Fsp3) is 0.500. The van der Waals surface area contributed by atoms with Crippen LogP contribution in [-0.2, 0) is 19.1 Å². The van der Waals surface area contributed by atoms with E-state index in [0.29, 0.717) is 0 Å². The summed E-state index contributed by atoms with van der Waals surface area (Å²) in [6, 6.07) is 0. The highest BCUT2D eigenvalue weighted by Gasteiger charge is 2.52. The molecule has 1 aromatic rings. The third kappa shape index (κ3) is 7.34. The van der Waals surface area contributed by atoms with Crippen LogP contribution in [0.5, 0.6) is 11.5 Å². The number of carbonyl (C=O) groups is 5. The van der Waals surface area contributed by atoms with Crippen LogP contribution in [0, 0.1) is 36.5 Å². The van der Waals surface area contributed by atoms with Crippen LogP contribution in [0.15, 0.2) is 46.7 Å². The molecule has 0 aromatic heterocycles. The number of amides is 1. The Kier molecular flexibility index (Phi) is 12.3. The Balaban J connectivity index is 1.88. The Morgan fingerprint density at radius 2 is 1.62 bits per heavy atom. The summed E-state index contributed by atoms with van der Waals surface area (Å²) in [5.41, 5.74) is -1.28. The van der Waals surface area contributed by atoms with Gasteiger partial charge in [0.2, 0.25) is 11.6 Å². The average molecular weight is 742 g/mol. The molecule has 1 amide bonds. The monoisotopic (exact) mass is 741 g/mol. The molecule has 5 N–H and O–H groups in total. The molecule has 0 saturated heterocycles. The fourth-order valence-electron chi connectivity index (χ4n) is 7.14. The zero-order chi connectivity index (χ0) is 39.0. The van der Waals surface area contributed by atoms with Gasteiger partial charge < -0.3 is 40.0 Å². The number of aliphatic hydroxyl groups is 2. The summed E-state index contributed by atoms with van der Waals surface area (Å²) < 4.78 is 17.5. The minimum absolute atomic E-state index is 0.00236. The number of methoxy groups -OCH3 is 1. The molecule has 0 radical (unpaired) electrons. The van der Waals surface area contributed by atoms with Crippen LogP contribution in [0.25, 0.3) is 0 Å². The maximum atomic E-state index is 14.1. The molecule has 5 bridgehead atoms. The molecule has 0 fully saturated rings. The van der Waals surface area contributed by atoms with E-state index in [1.165, 1.54) is 46.3 Å². The minimum Gasteiger partial charge on any atom is -0.507 e. The van der Waals surface area contributed by atoms with Crippen molar-refractivity contribution < 1.29 is 58.6 Å². The molecule has 0 spiro atoms. The number of hydrogen-bond acceptors (Lipinski definition) is 12. The van der Waals surface area contributed by atoms with E-state index >= 15 is 0 Å². The summed E-state index contributed by atoms with van der Waals surface area (Å²) in [5.74, 6) is -10.0. The summed E-state index contributed by atoms with van der Waals surface area (Å²) in [6.07, 6.45) is 5.55. The number of nitrogens with one attached hydrogen (secondary N) is 1. The van der Waals surface area contributed by atoms with E-state index in [0.717, 1.165) is 18.0 Å². The second-order valence-corrected chi connectivity index (χ2v) is 14.7. The Morgan fingerprint density at radius 3 is 2.21 bits per heavy atom. The molecule has 4 aliphatic rings. The van der Waals surface area contributed by atoms with E-state index in [4.69, 9.17) is 14.2 Å². The molecular formula is C38H47NO12S. The van der Waals surface area contributed by atoms with Gasteiger partial charge in [-0.3, -0.25) is 24.0 Å². The standard InChI is InChI=1S/C38H47NO12S/c1-16-11-10-12-17(2)37(48)39-28-32(45)26-25(33(46)35(28)52-9)27-34(21(6)31(26)44)51-38(7,36(27)47)50-14-13-23(49-8)18(3)22(15-24(40)41)19(4)30(43)20(5)29(16)42/h10-14,16,18-20,22-23,29-30,42-44H,15H2,1-9H3,(H,39,48)(H,40,41)/t16-,18-,19-,20-,22-,23-,29-,30-,38+/m0/s1. The van der Waals surface area contributed by atoms with Gasteiger partial charge in [0.05, 0.1) is 46.2 Å². The molecule has 13 nitrogen and oxygen atoms in total. The SMILES string of the molecule is CO[C@H]1C=CO[C@]2(C)Oc3c(C)c(O)c4c(c3C2=O)C(=O)C(SC)=C(NC(=O)C(C)=CC=C[C@H](C)[C@H](O)[C@H](C)[C@@H](O)[C@@H](C)[C@@H](CC(=O)O)[C@@H]1C)C4=O. The van der Waals surface area contributed by atoms with E-state index in [1.54, 1.807) is 39.8 Å². The highest BCUT2D eigenvalue weighted by molar-refractivity contribution is 8.03. The lowest BCUT2D eigenvalue weighted by molar-refractivity contribution is -0.140. The fourth-order valence-corrected chi connectivity index (χ4v) is 7.78. The largest absolute Gasteiger partial charge is 0.507 e. The molecule has 14 heteroatoms. The Labute approximate surface area is 306 Å². The number of carbonyl (C=O) groups excluding carboxylic acids is 4. The molecule has 0 unspecified atom stereocenters. The summed E-state index contributed by atoms with van der Waals surface area (Å²) in [4.78, 5) is 67.2. The molecule has 0 saturated carbocycles. The van der Waals surface area contributed by atoms with Gasteiger partial charge in [0.15, 0.2) is 0 Å². The number of carboxylic acid groups (broad SMARTS) is 1. The van der Waals surface area contributed by atoms with Crippen molar-refractivity contribution in [2.45, 2.75) is 79.0 Å². The predicted molar refractivity (Wildman–Crippen MR) is 192 cm³/mol. The third-order valence-electron chi connectivity index (χ3n) is 10.5. The van der Waals surface area contributed by atoms with E-state index in [2.05, 4.69) is 5.32 Å². The number of ether oxygens (including phenoxy) is 3. The number of carboxylic acids is 1. The van der Waals surface area contributed by atoms with Crippen LogP contribution < -0.4 is 10.1 Å². The molecule has 9 atom stereocenters. The quantitative estimate of drug-likeness (QED) is 0.289. The molecule has 3 aliphatic heterocycles. The number of rotatable bonds is 4. The van der Waals surface area contributed by atoms with Crippen molar-refractivity contribution in [3.63, 3.8) is 0 Å². The van der Waals surface area contributed by atoms with Crippen molar-refractivity contribution in [2.75, 3.05) is 13.4 Å². The average Bonchev–Trinajstić information content (AvgIpc) is 3.36. The van der Waals surface area contributed by atoms with Crippen molar-refractivity contribution in [1.29, 1.82) is 0 Å². The number of benzene rings is 1. The second kappa shape index (κ2) is 15.8. The maximum absolute atomic E-state index is 14.1. The smallest absolute Gasteiger partial charge is 0.312 e. The van der Waals surface area contributed by atoms with Gasteiger partial charge in [0.25, 0.3) is 11.7 Å². The minimum atomic E-state index is -2.05. The highest BCUT2D eigenvalue weighted by atomic mass is 32.2. The number of aliphatic carboxylic acids is 1. The summed E-state index contributed by atoms with van der Waals surface area (Å²) in [5, 5.41) is 46.2. The van der Waals surface area contributed by atoms with Crippen LogP contribution in [0.4, 0.5) is 0 Å². The molecule has 3 heterocycles. The number of Topliss-reactive ketones (excluding diaryl/α,β-unsaturated/α-hetero) is 3. The van der Waals surface area contributed by atoms with Crippen LogP contribution >= 0.6 is 11.8 Å². The molecule has 282 valence electrons. The number of aliphatic hydroxyl groups excluding tert-OH is 2. The molecule has 5 rings (SSSR count). The zero-order valence-corrected chi connectivity index (χ0v) is 31.5. The molecule has 52 heavy (non-hydrogen) atoms. The maximum Gasteiger partial charge on any atom is 0.312 e. The van der Waals surface area contributed by atoms with Gasteiger partial charge in [0, 0.05) is 43.4 Å². The van der Waals surface area contributed by atoms with Gasteiger partial charge in [-0.15, -0.1) is 11.8 Å². The number of phenols is 1. The summed E-state index contributed by atoms with van der Waals surface area (Å²) in [6.45, 7) is 11.1. The van der Waals surface area contributed by atoms with E-state index < -0.39 is 94.2 Å². The van der Waals surface area contributed by atoms with E-state index in [-0.39, 0.29) is 45.0 Å². The first-order chi connectivity index (χ1) is 24.3. The molecule has 1 aromatic carbocycles. The Hall–Kier alpha value is -4.24. The Morgan fingerprint density at radius 1 is 0.962 bits per heavy atom. The van der Waals surface area contributed by atoms with Gasteiger partial charge in [-0.2, -0.15) is 0 Å². The first-order valence-corrected chi connectivity index (χ1v) is 18.2. The van der Waals surface area contributed by atoms with Crippen LogP contribution in [0.1, 0.15) is 84.6 Å². The molecule has 1 aliphatic carbocycles. The second-order valence-electron chi connectivity index (χ2n) is 13.9. The van der Waals surface area contributed by atoms with Crippen molar-refractivity contribution in [3.05, 3.63) is 69.0 Å². The van der Waals surface area contributed by atoms with Crippen LogP contribution in [-0.4, -0.2) is 87.1 Å². The Bertz CT molecular complexity index is 1790. The topological polar surface area (TPSA) is 206 Å². The first kappa shape index (κ1) is 40.5. The molecular weight excluding hydrogens is 694 g/mol. The lowest BCUT2D eigenvalue weighted by Gasteiger charge is -2.38. The number of fused-ring (bicyclic) bond motifs is 14. The van der Waals surface area contributed by atoms with Gasteiger partial charge in [-0.25, -0.2) is 0 Å². The van der Waals surface area contributed by atoms with Crippen LogP contribution in [0.3, 0.4) is 0 Å². The van der Waals surface area contributed by atoms with Crippen LogP contribution in [0.2, 0.25) is 0 Å². The summed E-state index contributed by atoms with van der Waals surface area (Å²) in [7, 11) is 1.42. The van der Waals surface area contributed by atoms with Crippen molar-refractivity contribution >= 4 is 41.0 Å². The van der Waals surface area contributed by atoms with Gasteiger partial charge in [0.1, 0.15) is 17.2 Å². The zero-order valence-electron chi connectivity index (χ0n) is 30.7. The number of thioether (sulfide) groups is 1. The lowest BCUT2D eigenvalue weighted by Crippen LogP contribution is -2.43. The number of hydrogen-bond donors (Lipinski definition) is 5.